The number of nitrogens with one attached hydrogen (secondary N) is 1. The van der Waals surface area contributed by atoms with E-state index in [9.17, 15) is 9.59 Å². The zero-order valence-electron chi connectivity index (χ0n) is 10.5. The molecule has 0 aliphatic carbocycles. The van der Waals surface area contributed by atoms with Crippen molar-refractivity contribution in [1.82, 2.24) is 9.97 Å². The molecule has 0 spiro atoms. The molecule has 1 heterocycles. The van der Waals surface area contributed by atoms with Gasteiger partial charge >= 0.3 is 5.97 Å². The number of halogens is 2. The summed E-state index contributed by atoms with van der Waals surface area (Å²) < 4.78 is 4.85. The van der Waals surface area contributed by atoms with E-state index >= 15 is 0 Å². The van der Waals surface area contributed by atoms with E-state index in [1.807, 2.05) is 0 Å². The number of esters is 1. The number of carbonyl (C=O) groups excluding carboxylic acids is 2. The predicted molar refractivity (Wildman–Crippen MR) is 77.4 cm³/mol. The topological polar surface area (TPSA) is 81.2 Å². The van der Waals surface area contributed by atoms with E-state index in [4.69, 9.17) is 27.9 Å². The van der Waals surface area contributed by atoms with Crippen LogP contribution >= 0.6 is 23.2 Å². The van der Waals surface area contributed by atoms with Crippen LogP contribution in [0.25, 0.3) is 0 Å². The molecule has 0 aliphatic heterocycles. The van der Waals surface area contributed by atoms with Crippen LogP contribution in [0.4, 0.5) is 5.95 Å². The zero-order chi connectivity index (χ0) is 15.2. The van der Waals surface area contributed by atoms with Crippen LogP contribution in [0, 0.1) is 0 Å². The van der Waals surface area contributed by atoms with Crippen LogP contribution in [0.2, 0.25) is 10.0 Å². The average molecular weight is 326 g/mol. The van der Waals surface area contributed by atoms with Gasteiger partial charge in [0, 0.05) is 12.4 Å². The summed E-state index contributed by atoms with van der Waals surface area (Å²) in [5.74, 6) is -1.23. The summed E-state index contributed by atoms with van der Waals surface area (Å²) in [6, 6.07) is 6.21. The fraction of sp³-hybridized carbons (Fsp3) is 0.0769. The van der Waals surface area contributed by atoms with Gasteiger partial charge in [-0.15, -0.1) is 0 Å². The molecule has 1 amide bonds. The molecule has 0 aliphatic rings. The first-order valence-corrected chi connectivity index (χ1v) is 6.51. The van der Waals surface area contributed by atoms with Crippen LogP contribution in [0.1, 0.15) is 10.4 Å². The minimum absolute atomic E-state index is 0.0181. The number of aromatic nitrogens is 2. The summed E-state index contributed by atoms with van der Waals surface area (Å²) in [4.78, 5) is 31.0. The van der Waals surface area contributed by atoms with Crippen LogP contribution in [0.15, 0.2) is 36.7 Å². The van der Waals surface area contributed by atoms with Gasteiger partial charge in [0.15, 0.2) is 6.61 Å². The number of carbonyl (C=O) groups is 2. The molecule has 2 aromatic rings. The summed E-state index contributed by atoms with van der Waals surface area (Å²) >= 11 is 11.7. The number of nitrogens with zero attached hydrogens (tertiary/aromatic N) is 2. The number of benzene rings is 1. The van der Waals surface area contributed by atoms with Crippen molar-refractivity contribution in [2.75, 3.05) is 11.9 Å². The highest BCUT2D eigenvalue weighted by atomic mass is 35.5. The molecule has 0 bridgehead atoms. The second-order valence-electron chi connectivity index (χ2n) is 3.79. The SMILES string of the molecule is O=C(COC(=O)c1c(Cl)cccc1Cl)Nc1ncccn1. The van der Waals surface area contributed by atoms with E-state index in [2.05, 4.69) is 15.3 Å². The zero-order valence-corrected chi connectivity index (χ0v) is 12.1. The van der Waals surface area contributed by atoms with Crippen LogP contribution in [-0.2, 0) is 9.53 Å². The second kappa shape index (κ2) is 7.01. The quantitative estimate of drug-likeness (QED) is 0.874. The third kappa shape index (κ3) is 4.14. The predicted octanol–water partition coefficient (Wildman–Crippen LogP) is 2.58. The largest absolute Gasteiger partial charge is 0.452 e. The van der Waals surface area contributed by atoms with Crippen LogP contribution in [0.5, 0.6) is 0 Å². The molecule has 6 nitrogen and oxygen atoms in total. The third-order valence-electron chi connectivity index (χ3n) is 2.32. The first-order chi connectivity index (χ1) is 10.1. The molecular weight excluding hydrogens is 317 g/mol. The molecule has 0 saturated heterocycles. The molecule has 0 atom stereocenters. The van der Waals surface area contributed by atoms with Crippen molar-refractivity contribution >= 4 is 41.0 Å². The molecular formula is C13H9Cl2N3O3. The van der Waals surface area contributed by atoms with Gasteiger partial charge in [-0.2, -0.15) is 0 Å². The fourth-order valence-corrected chi connectivity index (χ4v) is 1.97. The van der Waals surface area contributed by atoms with E-state index in [0.29, 0.717) is 0 Å². The Morgan fingerprint density at radius 2 is 1.71 bits per heavy atom. The van der Waals surface area contributed by atoms with Crippen molar-refractivity contribution < 1.29 is 14.3 Å². The Morgan fingerprint density at radius 1 is 1.10 bits per heavy atom. The molecule has 108 valence electrons. The average Bonchev–Trinajstić information content (AvgIpc) is 2.46. The Hall–Kier alpha value is -2.18. The molecule has 8 heteroatoms. The summed E-state index contributed by atoms with van der Waals surface area (Å²) in [6.07, 6.45) is 2.94. The van der Waals surface area contributed by atoms with Gasteiger partial charge in [0.1, 0.15) is 0 Å². The standard InChI is InChI=1S/C13H9Cl2N3O3/c14-8-3-1-4-9(15)11(8)12(20)21-7-10(19)18-13-16-5-2-6-17-13/h1-6H,7H2,(H,16,17,18,19). The van der Waals surface area contributed by atoms with E-state index in [0.717, 1.165) is 0 Å². The van der Waals surface area contributed by atoms with Gasteiger partial charge in [-0.25, -0.2) is 14.8 Å². The van der Waals surface area contributed by atoms with Crippen LogP contribution in [0.3, 0.4) is 0 Å². The molecule has 2 rings (SSSR count). The van der Waals surface area contributed by atoms with Crippen LogP contribution in [-0.4, -0.2) is 28.5 Å². The van der Waals surface area contributed by atoms with Crippen molar-refractivity contribution in [1.29, 1.82) is 0 Å². The fourth-order valence-electron chi connectivity index (χ4n) is 1.42. The summed E-state index contributed by atoms with van der Waals surface area (Å²) in [7, 11) is 0. The highest BCUT2D eigenvalue weighted by Gasteiger charge is 2.17. The van der Waals surface area contributed by atoms with Gasteiger partial charge in [0.25, 0.3) is 5.91 Å². The summed E-state index contributed by atoms with van der Waals surface area (Å²) in [6.45, 7) is -0.501. The van der Waals surface area contributed by atoms with Gasteiger partial charge in [-0.1, -0.05) is 29.3 Å². The first kappa shape index (κ1) is 15.2. The maximum atomic E-state index is 11.8. The Bertz CT molecular complexity index is 645. The van der Waals surface area contributed by atoms with Gasteiger partial charge in [-0.05, 0) is 18.2 Å². The van der Waals surface area contributed by atoms with E-state index in [-0.39, 0.29) is 21.6 Å². The molecule has 0 unspecified atom stereocenters. The van der Waals surface area contributed by atoms with Gasteiger partial charge < -0.3 is 4.74 Å². The lowest BCUT2D eigenvalue weighted by Gasteiger charge is -2.07. The molecule has 0 fully saturated rings. The van der Waals surface area contributed by atoms with E-state index in [1.165, 1.54) is 24.5 Å². The molecule has 1 N–H and O–H groups in total. The highest BCUT2D eigenvalue weighted by Crippen LogP contribution is 2.24. The van der Waals surface area contributed by atoms with Crippen molar-refractivity contribution in [2.45, 2.75) is 0 Å². The van der Waals surface area contributed by atoms with Gasteiger partial charge in [0.05, 0.1) is 15.6 Å². The maximum absolute atomic E-state index is 11.8. The third-order valence-corrected chi connectivity index (χ3v) is 2.95. The minimum Gasteiger partial charge on any atom is -0.452 e. The Labute approximate surface area is 130 Å². The van der Waals surface area contributed by atoms with Gasteiger partial charge in [-0.3, -0.25) is 10.1 Å². The molecule has 1 aromatic heterocycles. The lowest BCUT2D eigenvalue weighted by molar-refractivity contribution is -0.119. The highest BCUT2D eigenvalue weighted by molar-refractivity contribution is 6.39. The lowest BCUT2D eigenvalue weighted by Crippen LogP contribution is -2.22. The number of amides is 1. The lowest BCUT2D eigenvalue weighted by atomic mass is 10.2. The summed E-state index contributed by atoms with van der Waals surface area (Å²) in [5.41, 5.74) is 0.0181. The Morgan fingerprint density at radius 3 is 2.33 bits per heavy atom. The molecule has 21 heavy (non-hydrogen) atoms. The Kier molecular flexibility index (Phi) is 5.08. The second-order valence-corrected chi connectivity index (χ2v) is 4.61. The van der Waals surface area contributed by atoms with E-state index < -0.39 is 18.5 Å². The van der Waals surface area contributed by atoms with Gasteiger partial charge in [0.2, 0.25) is 5.95 Å². The maximum Gasteiger partial charge on any atom is 0.341 e. The smallest absolute Gasteiger partial charge is 0.341 e. The van der Waals surface area contributed by atoms with Crippen LogP contribution < -0.4 is 5.32 Å². The molecule has 0 saturated carbocycles. The molecule has 0 radical (unpaired) electrons. The number of anilines is 1. The monoisotopic (exact) mass is 325 g/mol. The number of rotatable bonds is 4. The summed E-state index contributed by atoms with van der Waals surface area (Å²) in [5, 5.41) is 2.68. The Balaban J connectivity index is 1.94. The number of ether oxygens (including phenoxy) is 1. The van der Waals surface area contributed by atoms with Crippen molar-refractivity contribution in [3.05, 3.63) is 52.3 Å². The number of hydrogen-bond donors (Lipinski definition) is 1. The van der Waals surface area contributed by atoms with E-state index in [1.54, 1.807) is 12.1 Å². The molecule has 1 aromatic carbocycles. The van der Waals surface area contributed by atoms with Crippen molar-refractivity contribution in [3.8, 4) is 0 Å². The minimum atomic E-state index is -0.783. The first-order valence-electron chi connectivity index (χ1n) is 5.76. The normalized spacial score (nSPS) is 10.0. The van der Waals surface area contributed by atoms with Crippen molar-refractivity contribution in [3.63, 3.8) is 0 Å². The number of hydrogen-bond acceptors (Lipinski definition) is 5. The van der Waals surface area contributed by atoms with Crippen molar-refractivity contribution in [2.24, 2.45) is 0 Å².